The van der Waals surface area contributed by atoms with Gasteiger partial charge in [-0.05, 0) is 64.4 Å². The van der Waals surface area contributed by atoms with E-state index in [2.05, 4.69) is 32.1 Å². The maximum atomic E-state index is 12.1. The fraction of sp³-hybridized carbons (Fsp3) is 0.167. The van der Waals surface area contributed by atoms with Crippen LogP contribution in [0.15, 0.2) is 46.9 Å². The number of hydrazine groups is 1. The van der Waals surface area contributed by atoms with Crippen molar-refractivity contribution in [2.45, 2.75) is 13.3 Å². The molecule has 0 aliphatic rings. The fourth-order valence-corrected chi connectivity index (χ4v) is 2.88. The zero-order chi connectivity index (χ0) is 19.1. The Morgan fingerprint density at radius 2 is 1.88 bits per heavy atom. The number of rotatable bonds is 4. The maximum Gasteiger partial charge on any atom is 0.269 e. The molecule has 3 N–H and O–H groups in total. The molecule has 0 heterocycles. The first kappa shape index (κ1) is 19.9. The van der Waals surface area contributed by atoms with Crippen LogP contribution in [-0.2, 0) is 11.2 Å². The zero-order valence-corrected chi connectivity index (χ0v) is 16.7. The van der Waals surface area contributed by atoms with Gasteiger partial charge in [0.05, 0.1) is 18.0 Å². The molecule has 6 nitrogen and oxygen atoms in total. The lowest BCUT2D eigenvalue weighted by Gasteiger charge is -2.12. The van der Waals surface area contributed by atoms with Gasteiger partial charge in [-0.15, -0.1) is 0 Å². The Hall–Kier alpha value is -2.45. The number of carbonyl (C=O) groups excluding carboxylic acids is 2. The van der Waals surface area contributed by atoms with Crippen LogP contribution >= 0.6 is 28.1 Å². The molecule has 2 aromatic rings. The molecule has 0 radical (unpaired) electrons. The summed E-state index contributed by atoms with van der Waals surface area (Å²) in [5.74, 6) is -0.0457. The molecule has 26 heavy (non-hydrogen) atoms. The van der Waals surface area contributed by atoms with E-state index in [1.165, 1.54) is 0 Å². The van der Waals surface area contributed by atoms with Crippen LogP contribution < -0.4 is 20.9 Å². The summed E-state index contributed by atoms with van der Waals surface area (Å²) in [6, 6.07) is 12.5. The van der Waals surface area contributed by atoms with Crippen molar-refractivity contribution < 1.29 is 14.3 Å². The van der Waals surface area contributed by atoms with Crippen LogP contribution in [0.2, 0.25) is 0 Å². The van der Waals surface area contributed by atoms with Crippen molar-refractivity contribution in [2.75, 3.05) is 7.11 Å². The molecule has 136 valence electrons. The first-order chi connectivity index (χ1) is 12.4. The molecule has 0 aromatic heterocycles. The third-order valence-corrected chi connectivity index (χ3v) is 4.39. The van der Waals surface area contributed by atoms with Gasteiger partial charge in [0.2, 0.25) is 5.91 Å². The largest absolute Gasteiger partial charge is 0.496 e. The average Bonchev–Trinajstić information content (AvgIpc) is 2.61. The third-order valence-electron chi connectivity index (χ3n) is 3.57. The first-order valence-corrected chi connectivity index (χ1v) is 8.89. The highest BCUT2D eigenvalue weighted by molar-refractivity contribution is 9.10. The number of hydrogen-bond acceptors (Lipinski definition) is 4. The molecular weight excluding hydrogens is 418 g/mol. The molecule has 0 bridgehead atoms. The molecule has 0 aliphatic carbocycles. The Morgan fingerprint density at radius 3 is 2.54 bits per heavy atom. The van der Waals surface area contributed by atoms with E-state index in [1.54, 1.807) is 25.3 Å². The van der Waals surface area contributed by atoms with E-state index in [4.69, 9.17) is 17.0 Å². The summed E-state index contributed by atoms with van der Waals surface area (Å²) in [4.78, 5) is 24.1. The number of aryl methyl sites for hydroxylation is 1. The second kappa shape index (κ2) is 9.30. The fourth-order valence-electron chi connectivity index (χ4n) is 2.18. The van der Waals surface area contributed by atoms with Crippen LogP contribution in [0.5, 0.6) is 5.75 Å². The Morgan fingerprint density at radius 1 is 1.15 bits per heavy atom. The van der Waals surface area contributed by atoms with Crippen molar-refractivity contribution in [1.82, 2.24) is 16.2 Å². The number of nitrogens with one attached hydrogen (secondary N) is 3. The van der Waals surface area contributed by atoms with Crippen molar-refractivity contribution >= 4 is 45.1 Å². The minimum atomic E-state index is -0.399. The highest BCUT2D eigenvalue weighted by Gasteiger charge is 2.11. The normalized spacial score (nSPS) is 9.96. The molecule has 2 aromatic carbocycles. The van der Waals surface area contributed by atoms with E-state index in [9.17, 15) is 9.59 Å². The van der Waals surface area contributed by atoms with E-state index < -0.39 is 5.91 Å². The summed E-state index contributed by atoms with van der Waals surface area (Å²) >= 11 is 8.34. The lowest BCUT2D eigenvalue weighted by Crippen LogP contribution is -2.48. The standard InChI is InChI=1S/C18H18BrN3O3S/c1-11-5-3-4-6-12(11)10-16(23)20-18(26)22-21-17(24)13-7-8-15(25-2)14(19)9-13/h3-9H,10H2,1-2H3,(H,21,24)(H2,20,22,23,26). The van der Waals surface area contributed by atoms with Crippen LogP contribution in [0.4, 0.5) is 0 Å². The van der Waals surface area contributed by atoms with Crippen molar-refractivity contribution in [3.63, 3.8) is 0 Å². The van der Waals surface area contributed by atoms with Crippen molar-refractivity contribution in [1.29, 1.82) is 0 Å². The van der Waals surface area contributed by atoms with Gasteiger partial charge in [-0.25, -0.2) is 0 Å². The minimum Gasteiger partial charge on any atom is -0.496 e. The maximum absolute atomic E-state index is 12.1. The van der Waals surface area contributed by atoms with Crippen LogP contribution in [0, 0.1) is 6.92 Å². The topological polar surface area (TPSA) is 79.5 Å². The summed E-state index contributed by atoms with van der Waals surface area (Å²) in [7, 11) is 1.54. The molecule has 2 amide bonds. The Bertz CT molecular complexity index is 842. The smallest absolute Gasteiger partial charge is 0.269 e. The van der Waals surface area contributed by atoms with E-state index in [0.717, 1.165) is 11.1 Å². The molecule has 0 saturated carbocycles. The van der Waals surface area contributed by atoms with Gasteiger partial charge >= 0.3 is 0 Å². The van der Waals surface area contributed by atoms with Gasteiger partial charge in [0, 0.05) is 5.56 Å². The molecule has 0 atom stereocenters. The molecule has 0 spiro atoms. The summed E-state index contributed by atoms with van der Waals surface area (Å²) in [5, 5.41) is 2.55. The van der Waals surface area contributed by atoms with Gasteiger partial charge in [0.15, 0.2) is 5.11 Å². The second-order valence-electron chi connectivity index (χ2n) is 5.41. The highest BCUT2D eigenvalue weighted by atomic mass is 79.9. The lowest BCUT2D eigenvalue weighted by atomic mass is 10.1. The Kier molecular flexibility index (Phi) is 7.11. The lowest BCUT2D eigenvalue weighted by molar-refractivity contribution is -0.119. The van der Waals surface area contributed by atoms with Crippen LogP contribution in [0.1, 0.15) is 21.5 Å². The molecule has 8 heteroatoms. The molecule has 0 unspecified atom stereocenters. The number of halogens is 1. The number of benzene rings is 2. The van der Waals surface area contributed by atoms with Gasteiger partial charge in [-0.2, -0.15) is 0 Å². The summed E-state index contributed by atoms with van der Waals surface area (Å²) in [6.07, 6.45) is 0.202. The van der Waals surface area contributed by atoms with Gasteiger partial charge < -0.3 is 10.1 Å². The first-order valence-electron chi connectivity index (χ1n) is 7.69. The van der Waals surface area contributed by atoms with Gasteiger partial charge in [0.25, 0.3) is 5.91 Å². The van der Waals surface area contributed by atoms with Crippen LogP contribution in [-0.4, -0.2) is 24.0 Å². The molecule has 0 saturated heterocycles. The highest BCUT2D eigenvalue weighted by Crippen LogP contribution is 2.25. The van der Waals surface area contributed by atoms with E-state index >= 15 is 0 Å². The SMILES string of the molecule is COc1ccc(C(=O)NNC(=S)NC(=O)Cc2ccccc2C)cc1Br. The summed E-state index contributed by atoms with van der Waals surface area (Å²) in [6.45, 7) is 1.94. The summed E-state index contributed by atoms with van der Waals surface area (Å²) < 4.78 is 5.77. The Balaban J connectivity index is 1.84. The van der Waals surface area contributed by atoms with Gasteiger partial charge in [-0.3, -0.25) is 20.4 Å². The number of ether oxygens (including phenoxy) is 1. The number of carbonyl (C=O) groups is 2. The zero-order valence-electron chi connectivity index (χ0n) is 14.3. The van der Waals surface area contributed by atoms with E-state index in [0.29, 0.717) is 15.8 Å². The van der Waals surface area contributed by atoms with Crippen molar-refractivity contribution in [2.24, 2.45) is 0 Å². The number of hydrogen-bond donors (Lipinski definition) is 3. The molecule has 0 fully saturated rings. The minimum absolute atomic E-state index is 0.0181. The number of thiocarbonyl (C=S) groups is 1. The second-order valence-corrected chi connectivity index (χ2v) is 6.67. The average molecular weight is 436 g/mol. The van der Waals surface area contributed by atoms with E-state index in [1.807, 2.05) is 31.2 Å². The van der Waals surface area contributed by atoms with E-state index in [-0.39, 0.29) is 17.4 Å². The van der Waals surface area contributed by atoms with Crippen LogP contribution in [0.25, 0.3) is 0 Å². The Labute approximate surface area is 165 Å². The third kappa shape index (κ3) is 5.53. The van der Waals surface area contributed by atoms with Crippen molar-refractivity contribution in [3.8, 4) is 5.75 Å². The van der Waals surface area contributed by atoms with Gasteiger partial charge in [-0.1, -0.05) is 24.3 Å². The number of methoxy groups -OCH3 is 1. The molecule has 2 rings (SSSR count). The van der Waals surface area contributed by atoms with Crippen molar-refractivity contribution in [3.05, 3.63) is 63.6 Å². The van der Waals surface area contributed by atoms with Gasteiger partial charge in [0.1, 0.15) is 5.75 Å². The quantitative estimate of drug-likeness (QED) is 0.508. The molecule has 0 aliphatic heterocycles. The molecular formula is C18H18BrN3O3S. The summed E-state index contributed by atoms with van der Waals surface area (Å²) in [5.41, 5.74) is 7.30. The number of amides is 2. The predicted octanol–water partition coefficient (Wildman–Crippen LogP) is 2.64. The van der Waals surface area contributed by atoms with Crippen LogP contribution in [0.3, 0.4) is 0 Å². The monoisotopic (exact) mass is 435 g/mol. The predicted molar refractivity (Wildman–Crippen MR) is 107 cm³/mol.